The number of Topliss-reactive ketones (excluding diaryl/α,β-unsaturated/α-hetero) is 1. The average Bonchev–Trinajstić information content (AvgIpc) is 3.52. The standard InChI is InChI=1S/C30H32O3.C2H6/c1-18(31)27-11-12-28-25-9-7-21-15-23(32)8-10-24(21)29(25)26(16-30(27,28)2)20-5-3-19(4-6-20)22-13-14-33-17-22;1-2/h3-6,13-15,17,25-28H,7-12,16H2,1-2H3;1-2H3. The minimum Gasteiger partial charge on any atom is -0.472 e. The van der Waals surface area contributed by atoms with Gasteiger partial charge in [-0.15, -0.1) is 0 Å². The largest absolute Gasteiger partial charge is 0.472 e. The molecule has 2 saturated carbocycles. The molecule has 0 N–H and O–H groups in total. The Bertz CT molecular complexity index is 1160. The molecule has 2 fully saturated rings. The lowest BCUT2D eigenvalue weighted by Gasteiger charge is -2.52. The van der Waals surface area contributed by atoms with Gasteiger partial charge in [-0.1, -0.05) is 50.6 Å². The molecule has 1 aromatic heterocycles. The van der Waals surface area contributed by atoms with Gasteiger partial charge in [0.15, 0.2) is 5.78 Å². The Morgan fingerprint density at radius 3 is 2.43 bits per heavy atom. The van der Waals surface area contributed by atoms with Gasteiger partial charge in [-0.25, -0.2) is 0 Å². The first kappa shape index (κ1) is 24.0. The van der Waals surface area contributed by atoms with Crippen molar-refractivity contribution in [2.75, 3.05) is 0 Å². The van der Waals surface area contributed by atoms with E-state index in [1.807, 2.05) is 26.0 Å². The highest BCUT2D eigenvalue weighted by atomic mass is 16.3. The summed E-state index contributed by atoms with van der Waals surface area (Å²) in [6.45, 7) is 8.20. The van der Waals surface area contributed by atoms with Crippen LogP contribution in [0.2, 0.25) is 0 Å². The minimum atomic E-state index is 0.0557. The zero-order valence-electron chi connectivity index (χ0n) is 21.6. The van der Waals surface area contributed by atoms with E-state index < -0.39 is 0 Å². The molecule has 0 bridgehead atoms. The fraction of sp³-hybridized carbons (Fsp3) is 0.500. The van der Waals surface area contributed by atoms with Crippen LogP contribution in [0.3, 0.4) is 0 Å². The zero-order chi connectivity index (χ0) is 24.7. The normalized spacial score (nSPS) is 31.5. The number of carbonyl (C=O) groups is 2. The molecule has 0 saturated heterocycles. The smallest absolute Gasteiger partial charge is 0.156 e. The summed E-state index contributed by atoms with van der Waals surface area (Å²) in [5.41, 5.74) is 8.03. The van der Waals surface area contributed by atoms with Crippen molar-refractivity contribution in [2.45, 2.75) is 78.6 Å². The van der Waals surface area contributed by atoms with Crippen LogP contribution in [0.5, 0.6) is 0 Å². The second-order valence-electron chi connectivity index (χ2n) is 11.0. The average molecular weight is 471 g/mol. The van der Waals surface area contributed by atoms with Crippen LogP contribution >= 0.6 is 0 Å². The predicted molar refractivity (Wildman–Crippen MR) is 140 cm³/mol. The first-order valence-corrected chi connectivity index (χ1v) is 13.6. The molecule has 0 aliphatic heterocycles. The fourth-order valence-electron chi connectivity index (χ4n) is 7.96. The first-order chi connectivity index (χ1) is 17.0. The maximum Gasteiger partial charge on any atom is 0.156 e. The van der Waals surface area contributed by atoms with Crippen LogP contribution in [-0.4, -0.2) is 11.6 Å². The molecule has 35 heavy (non-hydrogen) atoms. The van der Waals surface area contributed by atoms with Gasteiger partial charge in [0, 0.05) is 23.8 Å². The van der Waals surface area contributed by atoms with E-state index in [1.54, 1.807) is 25.0 Å². The first-order valence-electron chi connectivity index (χ1n) is 13.6. The molecular weight excluding hydrogens is 432 g/mol. The molecule has 184 valence electrons. The number of rotatable bonds is 3. The van der Waals surface area contributed by atoms with E-state index in [0.717, 1.165) is 49.7 Å². The van der Waals surface area contributed by atoms with Crippen molar-refractivity contribution >= 4 is 11.6 Å². The van der Waals surface area contributed by atoms with E-state index in [2.05, 4.69) is 31.2 Å². The summed E-state index contributed by atoms with van der Waals surface area (Å²) in [7, 11) is 0. The number of hydrogen-bond donors (Lipinski definition) is 0. The van der Waals surface area contributed by atoms with Gasteiger partial charge in [0.2, 0.25) is 0 Å². The summed E-state index contributed by atoms with van der Waals surface area (Å²) in [5.74, 6) is 2.26. The van der Waals surface area contributed by atoms with Crippen LogP contribution in [0.1, 0.15) is 84.1 Å². The molecular formula is C32H38O3. The zero-order valence-corrected chi connectivity index (χ0v) is 21.6. The predicted octanol–water partition coefficient (Wildman–Crippen LogP) is 8.08. The third-order valence-electron chi connectivity index (χ3n) is 9.39. The third-order valence-corrected chi connectivity index (χ3v) is 9.39. The molecule has 2 aromatic rings. The van der Waals surface area contributed by atoms with Crippen molar-refractivity contribution in [1.82, 2.24) is 0 Å². The molecule has 1 heterocycles. The number of hydrogen-bond acceptors (Lipinski definition) is 3. The fourth-order valence-corrected chi connectivity index (χ4v) is 7.96. The molecule has 3 nitrogen and oxygen atoms in total. The summed E-state index contributed by atoms with van der Waals surface area (Å²) in [6, 6.07) is 11.0. The van der Waals surface area contributed by atoms with Crippen LogP contribution in [0.4, 0.5) is 0 Å². The van der Waals surface area contributed by atoms with Gasteiger partial charge in [-0.3, -0.25) is 9.59 Å². The van der Waals surface area contributed by atoms with Crippen LogP contribution in [-0.2, 0) is 9.59 Å². The van der Waals surface area contributed by atoms with Gasteiger partial charge in [-0.2, -0.15) is 0 Å². The number of benzene rings is 1. The summed E-state index contributed by atoms with van der Waals surface area (Å²) >= 11 is 0. The quantitative estimate of drug-likeness (QED) is 0.455. The molecule has 1 aromatic carbocycles. The van der Waals surface area contributed by atoms with Gasteiger partial charge in [0.25, 0.3) is 0 Å². The Morgan fingerprint density at radius 1 is 0.971 bits per heavy atom. The molecule has 0 spiro atoms. The van der Waals surface area contributed by atoms with Crippen molar-refractivity contribution < 1.29 is 14.0 Å². The van der Waals surface area contributed by atoms with E-state index in [0.29, 0.717) is 30.0 Å². The molecule has 0 radical (unpaired) electrons. The van der Waals surface area contributed by atoms with Gasteiger partial charge < -0.3 is 4.42 Å². The van der Waals surface area contributed by atoms with E-state index in [9.17, 15) is 9.59 Å². The lowest BCUT2D eigenvalue weighted by molar-refractivity contribution is -0.125. The monoisotopic (exact) mass is 470 g/mol. The molecule has 5 unspecified atom stereocenters. The second kappa shape index (κ2) is 9.41. The van der Waals surface area contributed by atoms with Gasteiger partial charge in [0.1, 0.15) is 5.78 Å². The third kappa shape index (κ3) is 3.97. The number of ketones is 2. The van der Waals surface area contributed by atoms with Crippen LogP contribution in [0, 0.1) is 23.2 Å². The number of furan rings is 1. The summed E-state index contributed by atoms with van der Waals surface area (Å²) in [6.07, 6.45) is 12.3. The molecule has 4 aliphatic carbocycles. The second-order valence-corrected chi connectivity index (χ2v) is 11.0. The summed E-state index contributed by atoms with van der Waals surface area (Å²) in [5, 5.41) is 0. The molecule has 5 atom stereocenters. The lowest BCUT2D eigenvalue weighted by atomic mass is 9.51. The molecule has 3 heteroatoms. The molecule has 0 amide bonds. The molecule has 6 rings (SSSR count). The van der Waals surface area contributed by atoms with Crippen LogP contribution in [0.25, 0.3) is 11.1 Å². The number of carbonyl (C=O) groups excluding carboxylic acids is 2. The van der Waals surface area contributed by atoms with Crippen LogP contribution in [0.15, 0.2) is 70.1 Å². The maximum absolute atomic E-state index is 12.7. The molecule has 4 aliphatic rings. The highest BCUT2D eigenvalue weighted by molar-refractivity contribution is 5.93. The lowest BCUT2D eigenvalue weighted by Crippen LogP contribution is -2.44. The van der Waals surface area contributed by atoms with Gasteiger partial charge in [0.05, 0.1) is 12.5 Å². The minimum absolute atomic E-state index is 0.0557. The van der Waals surface area contributed by atoms with E-state index in [4.69, 9.17) is 4.42 Å². The SMILES string of the molecule is CC.CC(=O)C1CCC2C3CCC4=CC(=O)CCC4=C3C(c3ccc(-c4ccoc4)cc3)CC12C. The van der Waals surface area contributed by atoms with Gasteiger partial charge in [-0.05, 0) is 97.1 Å². The highest BCUT2D eigenvalue weighted by Crippen LogP contribution is 2.65. The maximum atomic E-state index is 12.7. The van der Waals surface area contributed by atoms with Crippen molar-refractivity contribution in [3.05, 3.63) is 71.2 Å². The Labute approximate surface area is 209 Å². The Balaban J connectivity index is 0.00000124. The van der Waals surface area contributed by atoms with E-state index in [1.165, 1.54) is 16.7 Å². The van der Waals surface area contributed by atoms with Crippen molar-refractivity contribution in [3.63, 3.8) is 0 Å². The summed E-state index contributed by atoms with van der Waals surface area (Å²) < 4.78 is 5.28. The number of allylic oxidation sites excluding steroid dienone is 4. The van der Waals surface area contributed by atoms with Crippen molar-refractivity contribution in [3.8, 4) is 11.1 Å². The highest BCUT2D eigenvalue weighted by Gasteiger charge is 2.57. The van der Waals surface area contributed by atoms with Crippen molar-refractivity contribution in [2.24, 2.45) is 23.2 Å². The summed E-state index contributed by atoms with van der Waals surface area (Å²) in [4.78, 5) is 24.9. The number of fused-ring (bicyclic) bond motifs is 4. The van der Waals surface area contributed by atoms with Gasteiger partial charge >= 0.3 is 0 Å². The Kier molecular flexibility index (Phi) is 6.46. The van der Waals surface area contributed by atoms with Crippen LogP contribution < -0.4 is 0 Å². The van der Waals surface area contributed by atoms with E-state index in [-0.39, 0.29) is 17.1 Å². The topological polar surface area (TPSA) is 47.3 Å². The van der Waals surface area contributed by atoms with Crippen molar-refractivity contribution in [1.29, 1.82) is 0 Å². The Hall–Kier alpha value is -2.68. The Morgan fingerprint density at radius 2 is 1.74 bits per heavy atom. The van der Waals surface area contributed by atoms with E-state index >= 15 is 0 Å².